The molecule has 1 atom stereocenters. The van der Waals surface area contributed by atoms with Gasteiger partial charge in [-0.1, -0.05) is 6.07 Å². The maximum absolute atomic E-state index is 13.2. The fraction of sp³-hybridized carbons (Fsp3) is 0.632. The van der Waals surface area contributed by atoms with Crippen molar-refractivity contribution < 1.29 is 21.3 Å². The van der Waals surface area contributed by atoms with Crippen LogP contribution < -0.4 is 15.2 Å². The minimum absolute atomic E-state index is 0.0139. The van der Waals surface area contributed by atoms with Crippen LogP contribution >= 0.6 is 0 Å². The fourth-order valence-electron chi connectivity index (χ4n) is 3.94. The van der Waals surface area contributed by atoms with Crippen LogP contribution in [-0.2, 0) is 26.5 Å². The molecule has 5 N–H and O–H groups in total. The number of aryl methyl sites for hydroxylation is 1. The number of quaternary nitrogens is 1. The molecule has 12 nitrogen and oxygen atoms in total. The third-order valence-corrected chi connectivity index (χ3v) is 8.19. The minimum Gasteiger partial charge on any atom is -0.331 e. The molecule has 0 radical (unpaired) electrons. The molecule has 1 fully saturated rings. The molecule has 0 spiro atoms. The molecule has 1 saturated heterocycles. The summed E-state index contributed by atoms with van der Waals surface area (Å²) >= 11 is 0. The summed E-state index contributed by atoms with van der Waals surface area (Å²) in [5.74, 6) is -0.0139. The van der Waals surface area contributed by atoms with Gasteiger partial charge < -0.3 is 9.80 Å². The van der Waals surface area contributed by atoms with Crippen molar-refractivity contribution in [3.8, 4) is 11.4 Å². The van der Waals surface area contributed by atoms with Crippen LogP contribution in [0, 0.1) is 0 Å². The molecule has 184 valence electrons. The number of hydrogen-bond acceptors (Lipinski definition) is 8. The first-order valence-electron chi connectivity index (χ1n) is 10.8. The Hall–Kier alpha value is -1.97. The Morgan fingerprint density at radius 2 is 1.91 bits per heavy atom. The molecule has 2 heterocycles. The number of benzene rings is 1. The highest BCUT2D eigenvalue weighted by atomic mass is 32.2. The van der Waals surface area contributed by atoms with E-state index in [1.807, 2.05) is 0 Å². The quantitative estimate of drug-likeness (QED) is 0.237. The minimum atomic E-state index is -4.44. The predicted molar refractivity (Wildman–Crippen MR) is 123 cm³/mol. The molecular formula is C19H33N8O4S2+. The summed E-state index contributed by atoms with van der Waals surface area (Å²) < 4.78 is 55.1. The molecule has 1 aliphatic rings. The molecule has 1 aromatic heterocycles. The van der Waals surface area contributed by atoms with E-state index in [1.54, 1.807) is 6.07 Å². The van der Waals surface area contributed by atoms with E-state index in [9.17, 15) is 16.8 Å². The van der Waals surface area contributed by atoms with Crippen molar-refractivity contribution in [3.05, 3.63) is 17.7 Å². The number of unbranched alkanes of at least 4 members (excludes halogenated alkanes) is 2. The Morgan fingerprint density at radius 1 is 1.15 bits per heavy atom. The molecule has 14 heteroatoms. The first-order valence-corrected chi connectivity index (χ1v) is 13.9. The van der Waals surface area contributed by atoms with E-state index >= 15 is 0 Å². The van der Waals surface area contributed by atoms with Gasteiger partial charge in [-0.3, -0.25) is 0 Å². The van der Waals surface area contributed by atoms with Gasteiger partial charge in [0.1, 0.15) is 9.79 Å². The summed E-state index contributed by atoms with van der Waals surface area (Å²) in [6.45, 7) is 2.16. The highest BCUT2D eigenvalue weighted by molar-refractivity contribution is 7.92. The maximum atomic E-state index is 13.2. The van der Waals surface area contributed by atoms with Gasteiger partial charge >= 0.3 is 0 Å². The molecule has 2 aromatic rings. The summed E-state index contributed by atoms with van der Waals surface area (Å²) in [5, 5.41) is 22.3. The van der Waals surface area contributed by atoms with Gasteiger partial charge in [-0.2, -0.15) is 5.21 Å². The van der Waals surface area contributed by atoms with Gasteiger partial charge in [0.05, 0.1) is 27.7 Å². The highest BCUT2D eigenvalue weighted by Gasteiger charge is 2.33. The number of nitrogens with two attached hydrogens (primary N) is 1. The molecule has 0 aliphatic carbocycles. The first kappa shape index (κ1) is 25.6. The molecule has 1 aromatic carbocycles. The molecule has 3 rings (SSSR count). The Kier molecular flexibility index (Phi) is 7.86. The van der Waals surface area contributed by atoms with Crippen LogP contribution in [0.5, 0.6) is 0 Å². The lowest BCUT2D eigenvalue weighted by atomic mass is 10.0. The lowest BCUT2D eigenvalue weighted by Crippen LogP contribution is -2.37. The van der Waals surface area contributed by atoms with Gasteiger partial charge in [0, 0.05) is 18.2 Å². The fourth-order valence-corrected chi connectivity index (χ4v) is 6.83. The van der Waals surface area contributed by atoms with Gasteiger partial charge in [-0.15, -0.1) is 10.2 Å². The number of nitrogens with one attached hydrogen (secondary N) is 3. The van der Waals surface area contributed by atoms with Crippen LogP contribution in [0.4, 0.5) is 0 Å². The van der Waals surface area contributed by atoms with Gasteiger partial charge in [0.15, 0.2) is 0 Å². The van der Waals surface area contributed by atoms with Crippen LogP contribution in [0.1, 0.15) is 31.2 Å². The van der Waals surface area contributed by atoms with Gasteiger partial charge in [-0.25, -0.2) is 26.7 Å². The van der Waals surface area contributed by atoms with Crippen LogP contribution in [-0.4, -0.2) is 88.8 Å². The second-order valence-electron chi connectivity index (χ2n) is 9.34. The summed E-state index contributed by atoms with van der Waals surface area (Å²) in [7, 11) is -2.23. The van der Waals surface area contributed by atoms with E-state index in [4.69, 9.17) is 5.14 Å². The van der Waals surface area contributed by atoms with E-state index in [1.165, 1.54) is 6.07 Å². The maximum Gasteiger partial charge on any atom is 0.242 e. The highest BCUT2D eigenvalue weighted by Crippen LogP contribution is 2.34. The Morgan fingerprint density at radius 3 is 2.48 bits per heavy atom. The standard InChI is InChI=1S/C19H33N8O4S2/c1-27(2,3)12-6-4-5-7-14-8-9-16(33(30,31)24-15-10-11-21-13-15)18(32(20,28)29)17(14)19-22-25-26-23-19/h8-9,15,21,24H,4-7,10-13H2,1-3H3,(H2,20,28,29)(H,22,23,25,26)/q+1/t15-/m1/s1. The monoisotopic (exact) mass is 501 g/mol. The van der Waals surface area contributed by atoms with E-state index < -0.39 is 29.8 Å². The van der Waals surface area contributed by atoms with Crippen molar-refractivity contribution in [2.75, 3.05) is 40.8 Å². The largest absolute Gasteiger partial charge is 0.331 e. The summed E-state index contributed by atoms with van der Waals surface area (Å²) in [6, 6.07) is 2.58. The van der Waals surface area contributed by atoms with Gasteiger partial charge in [0.25, 0.3) is 0 Å². The Balaban J connectivity index is 2.00. The third-order valence-electron chi connectivity index (χ3n) is 5.51. The van der Waals surface area contributed by atoms with Gasteiger partial charge in [0.2, 0.25) is 25.9 Å². The summed E-state index contributed by atoms with van der Waals surface area (Å²) in [5.41, 5.74) is 0.678. The normalized spacial score (nSPS) is 17.5. The smallest absolute Gasteiger partial charge is 0.242 e. The van der Waals surface area contributed by atoms with E-state index in [-0.39, 0.29) is 17.4 Å². The lowest BCUT2D eigenvalue weighted by molar-refractivity contribution is -0.870. The zero-order valence-electron chi connectivity index (χ0n) is 19.2. The molecule has 0 unspecified atom stereocenters. The molecule has 0 amide bonds. The van der Waals surface area contributed by atoms with Crippen LogP contribution in [0.25, 0.3) is 11.4 Å². The van der Waals surface area contributed by atoms with Crippen molar-refractivity contribution >= 4 is 20.0 Å². The number of aromatic amines is 1. The van der Waals surface area contributed by atoms with Crippen molar-refractivity contribution in [2.45, 2.75) is 47.9 Å². The van der Waals surface area contributed by atoms with Crippen molar-refractivity contribution in [1.82, 2.24) is 30.7 Å². The molecule has 0 bridgehead atoms. The van der Waals surface area contributed by atoms with E-state index in [0.717, 1.165) is 30.3 Å². The Labute approximate surface area is 195 Å². The number of tetrazole rings is 1. The van der Waals surface area contributed by atoms with Crippen molar-refractivity contribution in [2.24, 2.45) is 5.14 Å². The van der Waals surface area contributed by atoms with Gasteiger partial charge in [-0.05, 0) is 55.5 Å². The van der Waals surface area contributed by atoms with E-state index in [0.29, 0.717) is 31.5 Å². The summed E-state index contributed by atoms with van der Waals surface area (Å²) in [4.78, 5) is -0.920. The Bertz CT molecular complexity index is 1150. The molecule has 33 heavy (non-hydrogen) atoms. The summed E-state index contributed by atoms with van der Waals surface area (Å²) in [6.07, 6.45) is 3.85. The molecule has 0 saturated carbocycles. The number of H-pyrrole nitrogens is 1. The zero-order chi connectivity index (χ0) is 24.3. The second-order valence-corrected chi connectivity index (χ2v) is 12.5. The van der Waals surface area contributed by atoms with Crippen LogP contribution in [0.2, 0.25) is 0 Å². The topological polar surface area (TPSA) is 173 Å². The molecule has 1 aliphatic heterocycles. The van der Waals surface area contributed by atoms with Crippen molar-refractivity contribution in [1.29, 1.82) is 0 Å². The number of nitrogens with zero attached hydrogens (tertiary/aromatic N) is 4. The van der Waals surface area contributed by atoms with Crippen LogP contribution in [0.3, 0.4) is 0 Å². The number of primary sulfonamides is 1. The number of rotatable bonds is 11. The predicted octanol–water partition coefficient (Wildman–Crippen LogP) is -0.427. The average molecular weight is 502 g/mol. The average Bonchev–Trinajstić information content (AvgIpc) is 3.39. The van der Waals surface area contributed by atoms with E-state index in [2.05, 4.69) is 51.8 Å². The first-order chi connectivity index (χ1) is 15.4. The molecular weight excluding hydrogens is 468 g/mol. The number of hydrogen-bond donors (Lipinski definition) is 4. The SMILES string of the molecule is C[N+](C)(C)CCCCCc1ccc(S(=O)(=O)N[C@@H]2CCNC2)c(S(N)(=O)=O)c1-c1nn[nH]n1. The second kappa shape index (κ2) is 10.1. The zero-order valence-corrected chi connectivity index (χ0v) is 20.8. The lowest BCUT2D eigenvalue weighted by Gasteiger charge is -2.23. The van der Waals surface area contributed by atoms with Crippen molar-refractivity contribution in [3.63, 3.8) is 0 Å². The number of sulfonamides is 2. The van der Waals surface area contributed by atoms with Crippen LogP contribution in [0.15, 0.2) is 21.9 Å². The number of aromatic nitrogens is 4. The third kappa shape index (κ3) is 6.77.